The molecule has 1 aliphatic carbocycles. The van der Waals surface area contributed by atoms with Crippen molar-refractivity contribution in [1.29, 1.82) is 5.26 Å². The molecule has 1 unspecified atom stereocenters. The van der Waals surface area contributed by atoms with Crippen LogP contribution in [-0.4, -0.2) is 5.91 Å². The van der Waals surface area contributed by atoms with Gasteiger partial charge in [0.1, 0.15) is 6.07 Å². The number of carbonyl (C=O) groups excluding carboxylic acids is 1. The van der Waals surface area contributed by atoms with E-state index >= 15 is 0 Å². The van der Waals surface area contributed by atoms with Crippen LogP contribution in [0.25, 0.3) is 0 Å². The number of anilines is 2. The first-order valence-corrected chi connectivity index (χ1v) is 5.72. The summed E-state index contributed by atoms with van der Waals surface area (Å²) in [5, 5.41) is 11.8. The second-order valence-corrected chi connectivity index (χ2v) is 4.53. The average molecular weight is 229 g/mol. The third kappa shape index (κ3) is 2.56. The van der Waals surface area contributed by atoms with Crippen molar-refractivity contribution in [2.45, 2.75) is 19.8 Å². The molecule has 0 saturated heterocycles. The van der Waals surface area contributed by atoms with E-state index < -0.39 is 0 Å². The van der Waals surface area contributed by atoms with Gasteiger partial charge in [-0.05, 0) is 37.0 Å². The molecule has 1 atom stereocenters. The Morgan fingerprint density at radius 2 is 2.29 bits per heavy atom. The number of amides is 1. The summed E-state index contributed by atoms with van der Waals surface area (Å²) < 4.78 is 0. The van der Waals surface area contributed by atoms with Gasteiger partial charge in [0.15, 0.2) is 0 Å². The first-order chi connectivity index (χ1) is 8.11. The molecule has 1 aromatic rings. The van der Waals surface area contributed by atoms with E-state index in [9.17, 15) is 4.79 Å². The first kappa shape index (κ1) is 11.5. The van der Waals surface area contributed by atoms with Gasteiger partial charge < -0.3 is 11.1 Å². The van der Waals surface area contributed by atoms with Crippen molar-refractivity contribution in [2.75, 3.05) is 11.1 Å². The fraction of sp³-hybridized carbons (Fsp3) is 0.385. The minimum absolute atomic E-state index is 0.0131. The van der Waals surface area contributed by atoms with Crippen LogP contribution in [0.4, 0.5) is 11.4 Å². The molecule has 2 rings (SSSR count). The number of carbonyl (C=O) groups is 1. The summed E-state index contributed by atoms with van der Waals surface area (Å²) in [5.41, 5.74) is 7.06. The molecule has 4 nitrogen and oxygen atoms in total. The number of nitriles is 1. The molecule has 1 amide bonds. The van der Waals surface area contributed by atoms with Gasteiger partial charge in [-0.2, -0.15) is 5.26 Å². The Bertz CT molecular complexity index is 486. The highest BCUT2D eigenvalue weighted by Crippen LogP contribution is 2.37. The molecular weight excluding hydrogens is 214 g/mol. The van der Waals surface area contributed by atoms with Crippen LogP contribution in [0, 0.1) is 23.2 Å². The summed E-state index contributed by atoms with van der Waals surface area (Å²) in [6.07, 6.45) is 2.25. The lowest BCUT2D eigenvalue weighted by molar-refractivity contribution is -0.119. The molecule has 1 saturated carbocycles. The van der Waals surface area contributed by atoms with Gasteiger partial charge in [0, 0.05) is 11.6 Å². The fourth-order valence-corrected chi connectivity index (χ4v) is 1.82. The summed E-state index contributed by atoms with van der Waals surface area (Å²) >= 11 is 0. The van der Waals surface area contributed by atoms with Crippen molar-refractivity contribution in [2.24, 2.45) is 11.8 Å². The third-order valence-electron chi connectivity index (χ3n) is 3.16. The molecular formula is C13H15N3O. The van der Waals surface area contributed by atoms with Crippen molar-refractivity contribution < 1.29 is 4.79 Å². The Balaban J connectivity index is 2.12. The summed E-state index contributed by atoms with van der Waals surface area (Å²) in [7, 11) is 0. The molecule has 3 N–H and O–H groups in total. The predicted molar refractivity (Wildman–Crippen MR) is 66.1 cm³/mol. The molecule has 1 aromatic carbocycles. The van der Waals surface area contributed by atoms with Gasteiger partial charge in [-0.1, -0.05) is 6.92 Å². The molecule has 0 bridgehead atoms. The molecule has 0 radical (unpaired) electrons. The lowest BCUT2D eigenvalue weighted by Gasteiger charge is -2.12. The third-order valence-corrected chi connectivity index (χ3v) is 3.16. The highest BCUT2D eigenvalue weighted by atomic mass is 16.1. The highest BCUT2D eigenvalue weighted by molar-refractivity contribution is 5.94. The van der Waals surface area contributed by atoms with Crippen LogP contribution >= 0.6 is 0 Å². The van der Waals surface area contributed by atoms with E-state index in [1.54, 1.807) is 18.2 Å². The topological polar surface area (TPSA) is 78.9 Å². The summed E-state index contributed by atoms with van der Waals surface area (Å²) in [4.78, 5) is 11.9. The van der Waals surface area contributed by atoms with Crippen molar-refractivity contribution in [3.8, 4) is 6.07 Å². The van der Waals surface area contributed by atoms with E-state index in [-0.39, 0.29) is 11.8 Å². The molecule has 4 heteroatoms. The zero-order chi connectivity index (χ0) is 12.4. The normalized spacial score (nSPS) is 16.0. The van der Waals surface area contributed by atoms with E-state index in [2.05, 4.69) is 5.32 Å². The van der Waals surface area contributed by atoms with Gasteiger partial charge in [0.05, 0.1) is 11.3 Å². The molecule has 0 spiro atoms. The van der Waals surface area contributed by atoms with E-state index in [1.165, 1.54) is 0 Å². The second kappa shape index (κ2) is 4.46. The van der Waals surface area contributed by atoms with Crippen LogP contribution in [0.2, 0.25) is 0 Å². The minimum Gasteiger partial charge on any atom is -0.399 e. The largest absolute Gasteiger partial charge is 0.399 e. The fourth-order valence-electron chi connectivity index (χ4n) is 1.82. The van der Waals surface area contributed by atoms with Gasteiger partial charge >= 0.3 is 0 Å². The number of nitrogens with one attached hydrogen (secondary N) is 1. The Kier molecular flexibility index (Phi) is 3.01. The first-order valence-electron chi connectivity index (χ1n) is 5.72. The zero-order valence-electron chi connectivity index (χ0n) is 9.73. The van der Waals surface area contributed by atoms with Gasteiger partial charge in [-0.25, -0.2) is 0 Å². The monoisotopic (exact) mass is 229 g/mol. The van der Waals surface area contributed by atoms with Gasteiger partial charge in [-0.15, -0.1) is 0 Å². The Hall–Kier alpha value is -2.02. The quantitative estimate of drug-likeness (QED) is 0.779. The van der Waals surface area contributed by atoms with E-state index in [4.69, 9.17) is 11.0 Å². The maximum absolute atomic E-state index is 11.9. The number of benzene rings is 1. The minimum atomic E-state index is -0.0197. The summed E-state index contributed by atoms with van der Waals surface area (Å²) in [5.74, 6) is 0.502. The molecule has 17 heavy (non-hydrogen) atoms. The van der Waals surface area contributed by atoms with Crippen molar-refractivity contribution in [3.05, 3.63) is 23.8 Å². The predicted octanol–water partition coefficient (Wildman–Crippen LogP) is 2.13. The van der Waals surface area contributed by atoms with E-state index in [0.29, 0.717) is 22.9 Å². The van der Waals surface area contributed by atoms with Crippen molar-refractivity contribution in [1.82, 2.24) is 0 Å². The number of hydrogen-bond acceptors (Lipinski definition) is 3. The standard InChI is InChI=1S/C13H15N3O/c1-8(9-2-3-9)13(17)16-12-5-4-11(15)6-10(12)7-14/h4-6,8-9H,2-3,15H2,1H3,(H,16,17). The lowest BCUT2D eigenvalue weighted by atomic mass is 10.1. The van der Waals surface area contributed by atoms with Gasteiger partial charge in [0.25, 0.3) is 0 Å². The number of rotatable bonds is 3. The number of nitrogens with two attached hydrogens (primary N) is 1. The average Bonchev–Trinajstić information content (AvgIpc) is 3.14. The maximum Gasteiger partial charge on any atom is 0.227 e. The van der Waals surface area contributed by atoms with Gasteiger partial charge in [0.2, 0.25) is 5.91 Å². The van der Waals surface area contributed by atoms with Crippen LogP contribution < -0.4 is 11.1 Å². The van der Waals surface area contributed by atoms with Crippen LogP contribution in [0.1, 0.15) is 25.3 Å². The molecule has 88 valence electrons. The number of hydrogen-bond donors (Lipinski definition) is 2. The van der Waals surface area contributed by atoms with Crippen LogP contribution in [-0.2, 0) is 4.79 Å². The smallest absolute Gasteiger partial charge is 0.227 e. The maximum atomic E-state index is 11.9. The van der Waals surface area contributed by atoms with Crippen LogP contribution in [0.3, 0.4) is 0 Å². The molecule has 0 aromatic heterocycles. The zero-order valence-corrected chi connectivity index (χ0v) is 9.73. The molecule has 1 fully saturated rings. The Morgan fingerprint density at radius 3 is 2.88 bits per heavy atom. The van der Waals surface area contributed by atoms with Crippen molar-refractivity contribution in [3.63, 3.8) is 0 Å². The number of nitrogen functional groups attached to an aromatic ring is 1. The van der Waals surface area contributed by atoms with Crippen LogP contribution in [0.5, 0.6) is 0 Å². The SMILES string of the molecule is CC(C(=O)Nc1ccc(N)cc1C#N)C1CC1. The van der Waals surface area contributed by atoms with E-state index in [0.717, 1.165) is 12.8 Å². The summed E-state index contributed by atoms with van der Waals surface area (Å²) in [6, 6.07) is 6.95. The molecule has 0 aliphatic heterocycles. The Labute approximate surface area is 100 Å². The van der Waals surface area contributed by atoms with Gasteiger partial charge in [-0.3, -0.25) is 4.79 Å². The summed E-state index contributed by atoms with van der Waals surface area (Å²) in [6.45, 7) is 1.93. The second-order valence-electron chi connectivity index (χ2n) is 4.53. The Morgan fingerprint density at radius 1 is 1.59 bits per heavy atom. The van der Waals surface area contributed by atoms with Crippen LogP contribution in [0.15, 0.2) is 18.2 Å². The number of nitrogens with zero attached hydrogens (tertiary/aromatic N) is 1. The lowest BCUT2D eigenvalue weighted by Crippen LogP contribution is -2.22. The molecule has 1 aliphatic rings. The van der Waals surface area contributed by atoms with Crippen molar-refractivity contribution >= 4 is 17.3 Å². The highest BCUT2D eigenvalue weighted by Gasteiger charge is 2.32. The van der Waals surface area contributed by atoms with E-state index in [1.807, 2.05) is 13.0 Å². The molecule has 0 heterocycles.